The van der Waals surface area contributed by atoms with E-state index >= 15 is 0 Å². The summed E-state index contributed by atoms with van der Waals surface area (Å²) in [6, 6.07) is 10.6. The first-order chi connectivity index (χ1) is 9.67. The van der Waals surface area contributed by atoms with Crippen molar-refractivity contribution in [3.8, 4) is 11.1 Å². The second-order valence-corrected chi connectivity index (χ2v) is 4.95. The van der Waals surface area contributed by atoms with Crippen molar-refractivity contribution in [3.05, 3.63) is 53.9 Å². The lowest BCUT2D eigenvalue weighted by molar-refractivity contribution is 1.17. The molecule has 0 radical (unpaired) electrons. The second-order valence-electron chi connectivity index (χ2n) is 4.95. The van der Waals surface area contributed by atoms with Crippen LogP contribution >= 0.6 is 0 Å². The number of benzene rings is 1. The molecule has 1 aromatic heterocycles. The zero-order valence-electron chi connectivity index (χ0n) is 12.7. The molecule has 0 unspecified atom stereocenters. The van der Waals surface area contributed by atoms with Crippen LogP contribution in [0.5, 0.6) is 0 Å². The van der Waals surface area contributed by atoms with Crippen LogP contribution in [0.1, 0.15) is 31.5 Å². The van der Waals surface area contributed by atoms with Gasteiger partial charge < -0.3 is 5.32 Å². The van der Waals surface area contributed by atoms with Crippen molar-refractivity contribution in [1.29, 1.82) is 0 Å². The molecule has 1 N–H and O–H groups in total. The molecule has 0 amide bonds. The lowest BCUT2D eigenvalue weighted by Crippen LogP contribution is -1.95. The Balaban J connectivity index is 2.54. The second kappa shape index (κ2) is 6.38. The third kappa shape index (κ3) is 2.90. The third-order valence-corrected chi connectivity index (χ3v) is 3.53. The van der Waals surface area contributed by atoms with Gasteiger partial charge in [0.25, 0.3) is 0 Å². The van der Waals surface area contributed by atoms with Crippen LogP contribution in [-0.4, -0.2) is 12.0 Å². The molecular formula is C18H22N2. The number of anilines is 1. The predicted molar refractivity (Wildman–Crippen MR) is 87.9 cm³/mol. The number of hydrogen-bond acceptors (Lipinski definition) is 2. The molecule has 0 bridgehead atoms. The van der Waals surface area contributed by atoms with Crippen molar-refractivity contribution in [1.82, 2.24) is 4.98 Å². The summed E-state index contributed by atoms with van der Waals surface area (Å²) in [5.41, 5.74) is 7.07. The fraction of sp³-hybridized carbons (Fsp3) is 0.278. The molecule has 0 saturated heterocycles. The average molecular weight is 266 g/mol. The highest BCUT2D eigenvalue weighted by Gasteiger charge is 2.08. The first-order valence-corrected chi connectivity index (χ1v) is 7.08. The average Bonchev–Trinajstić information content (AvgIpc) is 2.48. The lowest BCUT2D eigenvalue weighted by Gasteiger charge is -2.12. The monoisotopic (exact) mass is 266 g/mol. The van der Waals surface area contributed by atoms with E-state index in [0.29, 0.717) is 0 Å². The highest BCUT2D eigenvalue weighted by Crippen LogP contribution is 2.30. The first kappa shape index (κ1) is 14.3. The van der Waals surface area contributed by atoms with E-state index < -0.39 is 0 Å². The van der Waals surface area contributed by atoms with Gasteiger partial charge in [0, 0.05) is 35.8 Å². The van der Waals surface area contributed by atoms with Crippen molar-refractivity contribution >= 4 is 11.3 Å². The minimum atomic E-state index is 1.04. The zero-order chi connectivity index (χ0) is 14.5. The lowest BCUT2D eigenvalue weighted by atomic mass is 9.99. The molecule has 0 aliphatic carbocycles. The van der Waals surface area contributed by atoms with Crippen LogP contribution in [-0.2, 0) is 0 Å². The van der Waals surface area contributed by atoms with E-state index in [1.807, 2.05) is 19.3 Å². The van der Waals surface area contributed by atoms with E-state index in [4.69, 9.17) is 0 Å². The maximum atomic E-state index is 4.57. The van der Waals surface area contributed by atoms with E-state index in [-0.39, 0.29) is 0 Å². The summed E-state index contributed by atoms with van der Waals surface area (Å²) >= 11 is 0. The Morgan fingerprint density at radius 2 is 2.05 bits per heavy atom. The predicted octanol–water partition coefficient (Wildman–Crippen LogP) is 4.91. The molecule has 2 rings (SSSR count). The van der Waals surface area contributed by atoms with E-state index in [1.165, 1.54) is 16.7 Å². The van der Waals surface area contributed by atoms with E-state index in [9.17, 15) is 0 Å². The quantitative estimate of drug-likeness (QED) is 0.850. The standard InChI is InChI=1S/C18H22N2/c1-5-8-13(2)17-11-15(12-20-14(17)3)16-9-6-7-10-18(16)19-4/h6-12,19H,5H2,1-4H3/b13-8-. The summed E-state index contributed by atoms with van der Waals surface area (Å²) in [5.74, 6) is 0. The van der Waals surface area contributed by atoms with Crippen molar-refractivity contribution in [2.75, 3.05) is 12.4 Å². The Hall–Kier alpha value is -2.09. The van der Waals surface area contributed by atoms with Crippen LogP contribution in [0.25, 0.3) is 16.7 Å². The largest absolute Gasteiger partial charge is 0.388 e. The summed E-state index contributed by atoms with van der Waals surface area (Å²) in [7, 11) is 1.95. The van der Waals surface area contributed by atoms with Crippen LogP contribution in [0, 0.1) is 6.92 Å². The van der Waals surface area contributed by atoms with Crippen molar-refractivity contribution in [2.24, 2.45) is 0 Å². The molecule has 2 heteroatoms. The van der Waals surface area contributed by atoms with Crippen LogP contribution in [0.15, 0.2) is 42.6 Å². The van der Waals surface area contributed by atoms with Crippen LogP contribution in [0.2, 0.25) is 0 Å². The number of rotatable bonds is 4. The van der Waals surface area contributed by atoms with E-state index in [2.05, 4.69) is 61.4 Å². The molecule has 0 spiro atoms. The van der Waals surface area contributed by atoms with Crippen LogP contribution in [0.4, 0.5) is 5.69 Å². The van der Waals surface area contributed by atoms with Gasteiger partial charge in [-0.3, -0.25) is 4.98 Å². The zero-order valence-corrected chi connectivity index (χ0v) is 12.7. The Morgan fingerprint density at radius 3 is 2.75 bits per heavy atom. The Kier molecular flexibility index (Phi) is 4.57. The summed E-state index contributed by atoms with van der Waals surface area (Å²) in [4.78, 5) is 4.57. The smallest absolute Gasteiger partial charge is 0.0447 e. The van der Waals surface area contributed by atoms with Gasteiger partial charge in [0.15, 0.2) is 0 Å². The number of hydrogen-bond donors (Lipinski definition) is 1. The fourth-order valence-electron chi connectivity index (χ4n) is 2.45. The van der Waals surface area contributed by atoms with Gasteiger partial charge in [-0.15, -0.1) is 0 Å². The molecule has 104 valence electrons. The minimum Gasteiger partial charge on any atom is -0.388 e. The molecule has 0 aliphatic rings. The number of allylic oxidation sites excluding steroid dienone is 2. The Bertz CT molecular complexity index is 627. The van der Waals surface area contributed by atoms with Gasteiger partial charge in [-0.2, -0.15) is 0 Å². The summed E-state index contributed by atoms with van der Waals surface area (Å²) in [6.07, 6.45) is 5.24. The molecule has 0 saturated carbocycles. The first-order valence-electron chi connectivity index (χ1n) is 7.08. The van der Waals surface area contributed by atoms with Crippen LogP contribution < -0.4 is 5.32 Å². The van der Waals surface area contributed by atoms with Crippen molar-refractivity contribution < 1.29 is 0 Å². The Labute approximate surface area is 121 Å². The van der Waals surface area contributed by atoms with Gasteiger partial charge in [-0.1, -0.05) is 31.2 Å². The summed E-state index contributed by atoms with van der Waals surface area (Å²) in [6.45, 7) is 6.38. The molecule has 20 heavy (non-hydrogen) atoms. The molecule has 1 aromatic carbocycles. The topological polar surface area (TPSA) is 24.9 Å². The fourth-order valence-corrected chi connectivity index (χ4v) is 2.45. The normalized spacial score (nSPS) is 11.5. The van der Waals surface area contributed by atoms with Crippen LogP contribution in [0.3, 0.4) is 0 Å². The molecule has 2 nitrogen and oxygen atoms in total. The Morgan fingerprint density at radius 1 is 1.30 bits per heavy atom. The van der Waals surface area contributed by atoms with Gasteiger partial charge >= 0.3 is 0 Å². The highest BCUT2D eigenvalue weighted by molar-refractivity contribution is 5.80. The van der Waals surface area contributed by atoms with Gasteiger partial charge in [0.2, 0.25) is 0 Å². The van der Waals surface area contributed by atoms with Gasteiger partial charge in [0.1, 0.15) is 0 Å². The van der Waals surface area contributed by atoms with Gasteiger partial charge in [0.05, 0.1) is 0 Å². The number of aromatic nitrogens is 1. The van der Waals surface area contributed by atoms with E-state index in [1.54, 1.807) is 0 Å². The van der Waals surface area contributed by atoms with Gasteiger partial charge in [-0.25, -0.2) is 0 Å². The maximum Gasteiger partial charge on any atom is 0.0447 e. The number of aryl methyl sites for hydroxylation is 1. The SMILES string of the molecule is CC/C=C(/C)c1cc(-c2ccccc2NC)cnc1C. The minimum absolute atomic E-state index is 1.04. The summed E-state index contributed by atoms with van der Waals surface area (Å²) in [5, 5.41) is 3.24. The third-order valence-electron chi connectivity index (χ3n) is 3.53. The maximum absolute atomic E-state index is 4.57. The van der Waals surface area contributed by atoms with Crippen molar-refractivity contribution in [2.45, 2.75) is 27.2 Å². The molecule has 1 heterocycles. The van der Waals surface area contributed by atoms with Gasteiger partial charge in [-0.05, 0) is 43.5 Å². The molecule has 0 atom stereocenters. The number of pyridine rings is 1. The molecule has 0 aliphatic heterocycles. The summed E-state index contributed by atoms with van der Waals surface area (Å²) < 4.78 is 0. The molecule has 2 aromatic rings. The number of nitrogens with one attached hydrogen (secondary N) is 1. The highest BCUT2D eigenvalue weighted by atomic mass is 14.8. The number of para-hydroxylation sites is 1. The van der Waals surface area contributed by atoms with E-state index in [0.717, 1.165) is 23.4 Å². The van der Waals surface area contributed by atoms with Crippen molar-refractivity contribution in [3.63, 3.8) is 0 Å². The molecule has 0 fully saturated rings. The molecular weight excluding hydrogens is 244 g/mol. The number of nitrogens with zero attached hydrogens (tertiary/aromatic N) is 1.